The zero-order chi connectivity index (χ0) is 14.8. The van der Waals surface area contributed by atoms with E-state index >= 15 is 0 Å². The van der Waals surface area contributed by atoms with E-state index in [1.807, 2.05) is 24.3 Å². The van der Waals surface area contributed by atoms with Crippen molar-refractivity contribution in [1.29, 1.82) is 0 Å². The van der Waals surface area contributed by atoms with Gasteiger partial charge < -0.3 is 9.72 Å². The molecule has 0 saturated carbocycles. The highest BCUT2D eigenvalue weighted by molar-refractivity contribution is 5.75. The van der Waals surface area contributed by atoms with Crippen molar-refractivity contribution in [3.63, 3.8) is 0 Å². The molecule has 3 heteroatoms. The Morgan fingerprint density at radius 2 is 1.81 bits per heavy atom. The van der Waals surface area contributed by atoms with Crippen molar-refractivity contribution in [3.05, 3.63) is 37.2 Å². The Hall–Kier alpha value is -1.77. The Morgan fingerprint density at radius 3 is 2.62 bits per heavy atom. The molecule has 0 spiro atoms. The SMILES string of the molecule is C=CCCCCCCCCCOc1ccc2nc[nH]c2c1. The van der Waals surface area contributed by atoms with Crippen LogP contribution >= 0.6 is 0 Å². The van der Waals surface area contributed by atoms with Crippen LogP contribution < -0.4 is 4.74 Å². The van der Waals surface area contributed by atoms with E-state index < -0.39 is 0 Å². The summed E-state index contributed by atoms with van der Waals surface area (Å²) in [4.78, 5) is 7.30. The summed E-state index contributed by atoms with van der Waals surface area (Å²) in [7, 11) is 0. The highest BCUT2D eigenvalue weighted by Crippen LogP contribution is 2.18. The first-order valence-corrected chi connectivity index (χ1v) is 8.07. The van der Waals surface area contributed by atoms with Crippen molar-refractivity contribution >= 4 is 11.0 Å². The lowest BCUT2D eigenvalue weighted by Gasteiger charge is -2.06. The largest absolute Gasteiger partial charge is 0.494 e. The molecule has 0 fully saturated rings. The van der Waals surface area contributed by atoms with E-state index in [-0.39, 0.29) is 0 Å². The van der Waals surface area contributed by atoms with Crippen molar-refractivity contribution < 1.29 is 4.74 Å². The predicted molar refractivity (Wildman–Crippen MR) is 88.7 cm³/mol. The Morgan fingerprint density at radius 1 is 1.05 bits per heavy atom. The number of rotatable bonds is 11. The number of allylic oxidation sites excluding steroid dienone is 1. The van der Waals surface area contributed by atoms with E-state index in [0.29, 0.717) is 0 Å². The molecular formula is C18H26N2O. The van der Waals surface area contributed by atoms with Crippen LogP contribution in [0.2, 0.25) is 0 Å². The van der Waals surface area contributed by atoms with Crippen LogP contribution in [0.5, 0.6) is 5.75 Å². The van der Waals surface area contributed by atoms with Crippen LogP contribution in [-0.4, -0.2) is 16.6 Å². The Bertz CT molecular complexity index is 533. The van der Waals surface area contributed by atoms with Crippen molar-refractivity contribution in [2.24, 2.45) is 0 Å². The van der Waals surface area contributed by atoms with Crippen LogP contribution in [0.1, 0.15) is 51.4 Å². The molecule has 2 aromatic rings. The molecule has 1 heterocycles. The number of hydrogen-bond acceptors (Lipinski definition) is 2. The van der Waals surface area contributed by atoms with Gasteiger partial charge in [0.15, 0.2) is 0 Å². The predicted octanol–water partition coefficient (Wildman–Crippen LogP) is 5.25. The number of nitrogens with zero attached hydrogens (tertiary/aromatic N) is 1. The molecule has 0 aliphatic carbocycles. The summed E-state index contributed by atoms with van der Waals surface area (Å²) in [6, 6.07) is 6.00. The van der Waals surface area contributed by atoms with Gasteiger partial charge in [0.1, 0.15) is 5.75 Å². The van der Waals surface area contributed by atoms with E-state index in [9.17, 15) is 0 Å². The van der Waals surface area contributed by atoms with E-state index in [4.69, 9.17) is 4.74 Å². The molecule has 0 amide bonds. The van der Waals surface area contributed by atoms with Crippen molar-refractivity contribution in [2.45, 2.75) is 51.4 Å². The molecule has 0 saturated heterocycles. The van der Waals surface area contributed by atoms with E-state index in [1.165, 1.54) is 38.5 Å². The number of ether oxygens (including phenoxy) is 1. The summed E-state index contributed by atoms with van der Waals surface area (Å²) >= 11 is 0. The fourth-order valence-electron chi connectivity index (χ4n) is 2.47. The zero-order valence-corrected chi connectivity index (χ0v) is 12.8. The van der Waals surface area contributed by atoms with E-state index in [1.54, 1.807) is 6.33 Å². The van der Waals surface area contributed by atoms with Crippen LogP contribution in [0.3, 0.4) is 0 Å². The Kier molecular flexibility index (Phi) is 6.85. The third-order valence-electron chi connectivity index (χ3n) is 3.71. The minimum absolute atomic E-state index is 0.802. The van der Waals surface area contributed by atoms with Crippen molar-refractivity contribution in [1.82, 2.24) is 9.97 Å². The summed E-state index contributed by atoms with van der Waals surface area (Å²) in [6.07, 6.45) is 13.9. The van der Waals surface area contributed by atoms with Gasteiger partial charge in [-0.3, -0.25) is 0 Å². The topological polar surface area (TPSA) is 37.9 Å². The second-order valence-electron chi connectivity index (χ2n) is 5.48. The number of aromatic amines is 1. The summed E-state index contributed by atoms with van der Waals surface area (Å²) in [5.41, 5.74) is 2.02. The minimum atomic E-state index is 0.802. The molecule has 1 N–H and O–H groups in total. The lowest BCUT2D eigenvalue weighted by atomic mass is 10.1. The van der Waals surface area contributed by atoms with Crippen LogP contribution in [-0.2, 0) is 0 Å². The molecule has 0 bridgehead atoms. The maximum Gasteiger partial charge on any atom is 0.121 e. The molecule has 0 aliphatic heterocycles. The second kappa shape index (κ2) is 9.22. The number of benzene rings is 1. The maximum atomic E-state index is 5.78. The summed E-state index contributed by atoms with van der Waals surface area (Å²) in [6.45, 7) is 4.55. The molecular weight excluding hydrogens is 260 g/mol. The van der Waals surface area contributed by atoms with Gasteiger partial charge >= 0.3 is 0 Å². The molecule has 0 radical (unpaired) electrons. The highest BCUT2D eigenvalue weighted by Gasteiger charge is 1.99. The summed E-state index contributed by atoms with van der Waals surface area (Å²) in [5.74, 6) is 0.927. The fourth-order valence-corrected chi connectivity index (χ4v) is 2.47. The lowest BCUT2D eigenvalue weighted by Crippen LogP contribution is -1.97. The van der Waals surface area contributed by atoms with Crippen molar-refractivity contribution in [2.75, 3.05) is 6.61 Å². The monoisotopic (exact) mass is 286 g/mol. The standard InChI is InChI=1S/C18H26N2O/c1-2-3-4-5-6-7-8-9-10-13-21-16-11-12-17-18(14-16)20-15-19-17/h2,11-12,14-15H,1,3-10,13H2,(H,19,20). The summed E-state index contributed by atoms with van der Waals surface area (Å²) in [5, 5.41) is 0. The lowest BCUT2D eigenvalue weighted by molar-refractivity contribution is 0.304. The van der Waals surface area contributed by atoms with Gasteiger partial charge in [0, 0.05) is 6.07 Å². The molecule has 21 heavy (non-hydrogen) atoms. The van der Waals surface area contributed by atoms with Crippen LogP contribution in [0.4, 0.5) is 0 Å². The zero-order valence-electron chi connectivity index (χ0n) is 12.8. The fraction of sp³-hybridized carbons (Fsp3) is 0.500. The normalized spacial score (nSPS) is 10.9. The number of imidazole rings is 1. The van der Waals surface area contributed by atoms with Crippen LogP contribution in [0.25, 0.3) is 11.0 Å². The van der Waals surface area contributed by atoms with Gasteiger partial charge in [-0.15, -0.1) is 6.58 Å². The Balaban J connectivity index is 1.50. The van der Waals surface area contributed by atoms with E-state index in [0.717, 1.165) is 36.2 Å². The number of unbranched alkanes of at least 4 members (excludes halogenated alkanes) is 7. The van der Waals surface area contributed by atoms with Crippen molar-refractivity contribution in [3.8, 4) is 5.75 Å². The van der Waals surface area contributed by atoms with Gasteiger partial charge in [0.25, 0.3) is 0 Å². The molecule has 2 rings (SSSR count). The second-order valence-corrected chi connectivity index (χ2v) is 5.48. The molecule has 1 aromatic carbocycles. The summed E-state index contributed by atoms with van der Waals surface area (Å²) < 4.78 is 5.78. The van der Waals surface area contributed by atoms with Gasteiger partial charge in [-0.2, -0.15) is 0 Å². The first-order chi connectivity index (χ1) is 10.4. The number of H-pyrrole nitrogens is 1. The number of fused-ring (bicyclic) bond motifs is 1. The quantitative estimate of drug-likeness (QED) is 0.452. The third-order valence-corrected chi connectivity index (χ3v) is 3.71. The average Bonchev–Trinajstić information content (AvgIpc) is 2.97. The van der Waals surface area contributed by atoms with Gasteiger partial charge in [-0.05, 0) is 31.4 Å². The number of hydrogen-bond donors (Lipinski definition) is 1. The molecule has 3 nitrogen and oxygen atoms in total. The third kappa shape index (κ3) is 5.62. The van der Waals surface area contributed by atoms with E-state index in [2.05, 4.69) is 16.5 Å². The van der Waals surface area contributed by atoms with Gasteiger partial charge in [0.05, 0.1) is 24.0 Å². The highest BCUT2D eigenvalue weighted by atomic mass is 16.5. The van der Waals surface area contributed by atoms with Gasteiger partial charge in [0.2, 0.25) is 0 Å². The van der Waals surface area contributed by atoms with Gasteiger partial charge in [-0.25, -0.2) is 4.98 Å². The smallest absolute Gasteiger partial charge is 0.121 e. The first-order valence-electron chi connectivity index (χ1n) is 8.07. The molecule has 114 valence electrons. The Labute approximate surface area is 127 Å². The molecule has 0 aliphatic rings. The molecule has 1 aromatic heterocycles. The van der Waals surface area contributed by atoms with Crippen LogP contribution in [0, 0.1) is 0 Å². The van der Waals surface area contributed by atoms with Crippen LogP contribution in [0.15, 0.2) is 37.2 Å². The molecule has 0 atom stereocenters. The number of nitrogens with one attached hydrogen (secondary N) is 1. The molecule has 0 unspecified atom stereocenters. The van der Waals surface area contributed by atoms with Gasteiger partial charge in [-0.1, -0.05) is 38.2 Å². The first kappa shape index (κ1) is 15.6. The minimum Gasteiger partial charge on any atom is -0.494 e. The number of aromatic nitrogens is 2. The maximum absolute atomic E-state index is 5.78. The average molecular weight is 286 g/mol.